The number of benzene rings is 2. The molecule has 2 N–H and O–H groups in total. The summed E-state index contributed by atoms with van der Waals surface area (Å²) in [7, 11) is 0. The van der Waals surface area contributed by atoms with E-state index in [1.165, 1.54) is 12.1 Å². The summed E-state index contributed by atoms with van der Waals surface area (Å²) in [4.78, 5) is 23.6. The molecule has 0 radical (unpaired) electrons. The topological polar surface area (TPSA) is 58.2 Å². The molecule has 2 rings (SSSR count). The van der Waals surface area contributed by atoms with Gasteiger partial charge in [-0.2, -0.15) is 0 Å². The van der Waals surface area contributed by atoms with E-state index in [1.54, 1.807) is 19.1 Å². The van der Waals surface area contributed by atoms with Crippen molar-refractivity contribution in [3.63, 3.8) is 0 Å². The standard InChI is InChI=1S/C17H17FN2O2/c1-12(14-7-9-15(18)10-8-14)20-17(22)16(21)19-11-13-5-3-2-4-6-13/h2-10,12H,11H2,1H3,(H,19,21)(H,20,22). The summed E-state index contributed by atoms with van der Waals surface area (Å²) in [6.07, 6.45) is 0. The summed E-state index contributed by atoms with van der Waals surface area (Å²) < 4.78 is 12.9. The molecule has 0 aliphatic rings. The molecule has 2 amide bonds. The Kier molecular flexibility index (Phi) is 5.25. The van der Waals surface area contributed by atoms with Crippen LogP contribution in [-0.2, 0) is 16.1 Å². The summed E-state index contributed by atoms with van der Waals surface area (Å²) >= 11 is 0. The maximum absolute atomic E-state index is 12.9. The SMILES string of the molecule is CC(NC(=O)C(=O)NCc1ccccc1)c1ccc(F)cc1. The van der Waals surface area contributed by atoms with Crippen molar-refractivity contribution in [2.45, 2.75) is 19.5 Å². The van der Waals surface area contributed by atoms with Crippen LogP contribution in [0.15, 0.2) is 54.6 Å². The first-order chi connectivity index (χ1) is 10.6. The number of carbonyl (C=O) groups is 2. The second kappa shape index (κ2) is 7.36. The Morgan fingerprint density at radius 3 is 2.27 bits per heavy atom. The van der Waals surface area contributed by atoms with Crippen molar-refractivity contribution in [3.8, 4) is 0 Å². The predicted molar refractivity (Wildman–Crippen MR) is 81.2 cm³/mol. The van der Waals surface area contributed by atoms with Crippen molar-refractivity contribution in [2.24, 2.45) is 0 Å². The van der Waals surface area contributed by atoms with E-state index in [2.05, 4.69) is 10.6 Å². The minimum atomic E-state index is -0.715. The Hall–Kier alpha value is -2.69. The zero-order chi connectivity index (χ0) is 15.9. The molecule has 0 fully saturated rings. The molecule has 5 heteroatoms. The third-order valence-electron chi connectivity index (χ3n) is 3.22. The van der Waals surface area contributed by atoms with E-state index in [1.807, 2.05) is 30.3 Å². The van der Waals surface area contributed by atoms with Gasteiger partial charge in [0.25, 0.3) is 0 Å². The predicted octanol–water partition coefficient (Wildman–Crippen LogP) is 2.32. The largest absolute Gasteiger partial charge is 0.344 e. The Bertz CT molecular complexity index is 641. The highest BCUT2D eigenvalue weighted by molar-refractivity contribution is 6.35. The smallest absolute Gasteiger partial charge is 0.309 e. The van der Waals surface area contributed by atoms with Crippen LogP contribution in [0.3, 0.4) is 0 Å². The molecule has 1 unspecified atom stereocenters. The summed E-state index contributed by atoms with van der Waals surface area (Å²) in [5.74, 6) is -1.76. The summed E-state index contributed by atoms with van der Waals surface area (Å²) in [5.41, 5.74) is 1.64. The van der Waals surface area contributed by atoms with Crippen molar-refractivity contribution < 1.29 is 14.0 Å². The fraction of sp³-hybridized carbons (Fsp3) is 0.176. The Morgan fingerprint density at radius 2 is 1.64 bits per heavy atom. The number of rotatable bonds is 4. The van der Waals surface area contributed by atoms with Gasteiger partial charge >= 0.3 is 11.8 Å². The lowest BCUT2D eigenvalue weighted by molar-refractivity contribution is -0.139. The molecule has 2 aromatic rings. The number of hydrogen-bond acceptors (Lipinski definition) is 2. The van der Waals surface area contributed by atoms with Crippen molar-refractivity contribution in [1.29, 1.82) is 0 Å². The van der Waals surface area contributed by atoms with Gasteiger partial charge in [-0.1, -0.05) is 42.5 Å². The highest BCUT2D eigenvalue weighted by Crippen LogP contribution is 2.12. The Morgan fingerprint density at radius 1 is 1.00 bits per heavy atom. The zero-order valence-corrected chi connectivity index (χ0v) is 12.2. The first kappa shape index (κ1) is 15.7. The summed E-state index contributed by atoms with van der Waals surface area (Å²) in [6.45, 7) is 2.02. The van der Waals surface area contributed by atoms with Crippen LogP contribution in [0.4, 0.5) is 4.39 Å². The van der Waals surface area contributed by atoms with Crippen LogP contribution in [0.1, 0.15) is 24.1 Å². The van der Waals surface area contributed by atoms with Crippen LogP contribution in [0.5, 0.6) is 0 Å². The first-order valence-corrected chi connectivity index (χ1v) is 6.94. The number of hydrogen-bond donors (Lipinski definition) is 2. The van der Waals surface area contributed by atoms with Crippen LogP contribution in [-0.4, -0.2) is 11.8 Å². The van der Waals surface area contributed by atoms with E-state index in [0.717, 1.165) is 11.1 Å². The van der Waals surface area contributed by atoms with Gasteiger partial charge in [-0.25, -0.2) is 4.39 Å². The molecule has 0 saturated carbocycles. The average Bonchev–Trinajstić information content (AvgIpc) is 2.54. The van der Waals surface area contributed by atoms with Crippen LogP contribution in [0, 0.1) is 5.82 Å². The maximum atomic E-state index is 12.9. The fourth-order valence-electron chi connectivity index (χ4n) is 1.96. The first-order valence-electron chi connectivity index (χ1n) is 6.94. The zero-order valence-electron chi connectivity index (χ0n) is 12.2. The number of halogens is 1. The third-order valence-corrected chi connectivity index (χ3v) is 3.22. The van der Waals surface area contributed by atoms with Crippen LogP contribution >= 0.6 is 0 Å². The average molecular weight is 300 g/mol. The summed E-state index contributed by atoms with van der Waals surface area (Å²) in [5, 5.41) is 5.13. The highest BCUT2D eigenvalue weighted by atomic mass is 19.1. The van der Waals surface area contributed by atoms with Crippen molar-refractivity contribution in [3.05, 3.63) is 71.5 Å². The van der Waals surface area contributed by atoms with Gasteiger partial charge in [-0.05, 0) is 30.2 Å². The minimum Gasteiger partial charge on any atom is -0.344 e. The van der Waals surface area contributed by atoms with E-state index >= 15 is 0 Å². The van der Waals surface area contributed by atoms with E-state index in [0.29, 0.717) is 0 Å². The van der Waals surface area contributed by atoms with E-state index < -0.39 is 11.8 Å². The molecule has 4 nitrogen and oxygen atoms in total. The lowest BCUT2D eigenvalue weighted by Crippen LogP contribution is -2.40. The second-order valence-electron chi connectivity index (χ2n) is 4.91. The molecule has 0 bridgehead atoms. The van der Waals surface area contributed by atoms with Gasteiger partial charge in [-0.15, -0.1) is 0 Å². The second-order valence-corrected chi connectivity index (χ2v) is 4.91. The number of amides is 2. The fourth-order valence-corrected chi connectivity index (χ4v) is 1.96. The monoisotopic (exact) mass is 300 g/mol. The molecule has 0 heterocycles. The van der Waals surface area contributed by atoms with Gasteiger partial charge in [0, 0.05) is 6.54 Å². The van der Waals surface area contributed by atoms with Gasteiger partial charge in [-0.3, -0.25) is 9.59 Å². The lowest BCUT2D eigenvalue weighted by Gasteiger charge is -2.14. The van der Waals surface area contributed by atoms with Gasteiger partial charge in [0.15, 0.2) is 0 Å². The molecule has 0 spiro atoms. The molecule has 0 aromatic heterocycles. The van der Waals surface area contributed by atoms with E-state index in [4.69, 9.17) is 0 Å². The molecule has 1 atom stereocenters. The summed E-state index contributed by atoms with van der Waals surface area (Å²) in [6, 6.07) is 14.7. The molecule has 0 aliphatic carbocycles. The van der Waals surface area contributed by atoms with Gasteiger partial charge in [0.1, 0.15) is 5.82 Å². The molecule has 2 aromatic carbocycles. The normalized spacial score (nSPS) is 11.5. The molecule has 114 valence electrons. The van der Waals surface area contributed by atoms with Crippen LogP contribution in [0.2, 0.25) is 0 Å². The lowest BCUT2D eigenvalue weighted by atomic mass is 10.1. The van der Waals surface area contributed by atoms with E-state index in [9.17, 15) is 14.0 Å². The maximum Gasteiger partial charge on any atom is 0.309 e. The molecule has 22 heavy (non-hydrogen) atoms. The van der Waals surface area contributed by atoms with Crippen molar-refractivity contribution in [1.82, 2.24) is 10.6 Å². The number of nitrogens with one attached hydrogen (secondary N) is 2. The number of carbonyl (C=O) groups excluding carboxylic acids is 2. The Labute approximate surface area is 128 Å². The third kappa shape index (κ3) is 4.41. The van der Waals surface area contributed by atoms with Crippen LogP contribution in [0.25, 0.3) is 0 Å². The molecule has 0 aliphatic heterocycles. The molecular weight excluding hydrogens is 283 g/mol. The van der Waals surface area contributed by atoms with Crippen LogP contribution < -0.4 is 10.6 Å². The minimum absolute atomic E-state index is 0.290. The molecule has 0 saturated heterocycles. The molecular formula is C17H17FN2O2. The van der Waals surface area contributed by atoms with Crippen molar-refractivity contribution >= 4 is 11.8 Å². The highest BCUT2D eigenvalue weighted by Gasteiger charge is 2.16. The quantitative estimate of drug-likeness (QED) is 0.851. The van der Waals surface area contributed by atoms with Gasteiger partial charge in [0.2, 0.25) is 0 Å². The van der Waals surface area contributed by atoms with E-state index in [-0.39, 0.29) is 18.4 Å². The van der Waals surface area contributed by atoms with Gasteiger partial charge < -0.3 is 10.6 Å². The van der Waals surface area contributed by atoms with Gasteiger partial charge in [0.05, 0.1) is 6.04 Å². The van der Waals surface area contributed by atoms with Crippen molar-refractivity contribution in [2.75, 3.05) is 0 Å². The Balaban J connectivity index is 1.85.